The van der Waals surface area contributed by atoms with Crippen molar-refractivity contribution < 1.29 is 9.15 Å². The summed E-state index contributed by atoms with van der Waals surface area (Å²) in [6.45, 7) is 2.24. The molecule has 0 aliphatic heterocycles. The molecule has 1 aromatic heterocycles. The summed E-state index contributed by atoms with van der Waals surface area (Å²) in [5.41, 5.74) is 2.73. The summed E-state index contributed by atoms with van der Waals surface area (Å²) < 4.78 is 11.2. The van der Waals surface area contributed by atoms with Gasteiger partial charge in [0, 0.05) is 5.75 Å². The Morgan fingerprint density at radius 2 is 2.04 bits per heavy atom. The van der Waals surface area contributed by atoms with Gasteiger partial charge in [-0.15, -0.1) is 10.2 Å². The Morgan fingerprint density at radius 3 is 2.88 bits per heavy atom. The van der Waals surface area contributed by atoms with Gasteiger partial charge in [0.05, 0.1) is 11.6 Å². The van der Waals surface area contributed by atoms with Gasteiger partial charge in [-0.3, -0.25) is 0 Å². The summed E-state index contributed by atoms with van der Waals surface area (Å²) in [6, 6.07) is 17.4. The Morgan fingerprint density at radius 1 is 1.17 bits per heavy atom. The fraction of sp³-hybridized carbons (Fsp3) is 0.167. The van der Waals surface area contributed by atoms with Crippen LogP contribution in [0, 0.1) is 18.3 Å². The van der Waals surface area contributed by atoms with E-state index in [2.05, 4.69) is 16.3 Å². The van der Waals surface area contributed by atoms with Gasteiger partial charge in [0.1, 0.15) is 5.75 Å². The summed E-state index contributed by atoms with van der Waals surface area (Å²) in [5.74, 6) is 1.79. The average molecular weight is 337 g/mol. The summed E-state index contributed by atoms with van der Waals surface area (Å²) in [7, 11) is 0. The first kappa shape index (κ1) is 16.1. The van der Waals surface area contributed by atoms with Gasteiger partial charge < -0.3 is 9.15 Å². The number of thioether (sulfide) groups is 1. The van der Waals surface area contributed by atoms with E-state index in [9.17, 15) is 0 Å². The van der Waals surface area contributed by atoms with Crippen molar-refractivity contribution in [2.75, 3.05) is 0 Å². The molecule has 1 heterocycles. The zero-order chi connectivity index (χ0) is 16.8. The molecule has 3 rings (SSSR count). The Balaban J connectivity index is 1.57. The van der Waals surface area contributed by atoms with Crippen LogP contribution in [-0.2, 0) is 12.4 Å². The largest absolute Gasteiger partial charge is 0.484 e. The van der Waals surface area contributed by atoms with Crippen molar-refractivity contribution in [2.24, 2.45) is 0 Å². The first-order valence-corrected chi connectivity index (χ1v) is 8.36. The minimum atomic E-state index is 0.228. The van der Waals surface area contributed by atoms with Crippen molar-refractivity contribution in [3.05, 3.63) is 71.1 Å². The molecule has 0 N–H and O–H groups in total. The molecule has 0 bridgehead atoms. The van der Waals surface area contributed by atoms with Gasteiger partial charge in [-0.25, -0.2) is 0 Å². The van der Waals surface area contributed by atoms with Crippen molar-refractivity contribution in [2.45, 2.75) is 24.5 Å². The van der Waals surface area contributed by atoms with Crippen LogP contribution in [-0.4, -0.2) is 10.2 Å². The van der Waals surface area contributed by atoms with Crippen LogP contribution in [0.5, 0.6) is 5.75 Å². The maximum atomic E-state index is 9.09. The molecule has 24 heavy (non-hydrogen) atoms. The quantitative estimate of drug-likeness (QED) is 0.630. The standard InChI is InChI=1S/C18H15N3O2S/c1-13-5-4-8-16(9-13)22-11-17-20-21-18(23-17)24-12-15-7-3-2-6-14(15)10-19/h2-9H,11-12H2,1H3. The molecule has 0 aliphatic rings. The summed E-state index contributed by atoms with van der Waals surface area (Å²) in [6.07, 6.45) is 0. The number of nitrogens with zero attached hydrogens (tertiary/aromatic N) is 3. The highest BCUT2D eigenvalue weighted by Crippen LogP contribution is 2.23. The summed E-state index contributed by atoms with van der Waals surface area (Å²) in [5, 5.41) is 17.5. The zero-order valence-electron chi connectivity index (χ0n) is 13.1. The van der Waals surface area contributed by atoms with Crippen molar-refractivity contribution in [1.82, 2.24) is 10.2 Å². The normalized spacial score (nSPS) is 10.3. The predicted octanol–water partition coefficient (Wildman–Crippen LogP) is 4.12. The van der Waals surface area contributed by atoms with E-state index in [1.54, 1.807) is 6.07 Å². The van der Waals surface area contributed by atoms with E-state index in [-0.39, 0.29) is 6.61 Å². The van der Waals surface area contributed by atoms with E-state index in [0.717, 1.165) is 16.9 Å². The van der Waals surface area contributed by atoms with E-state index >= 15 is 0 Å². The zero-order valence-corrected chi connectivity index (χ0v) is 13.9. The second-order valence-corrected chi connectivity index (χ2v) is 6.05. The highest BCUT2D eigenvalue weighted by molar-refractivity contribution is 7.98. The summed E-state index contributed by atoms with van der Waals surface area (Å²) in [4.78, 5) is 0. The lowest BCUT2D eigenvalue weighted by atomic mass is 10.1. The molecule has 5 nitrogen and oxygen atoms in total. The van der Waals surface area contributed by atoms with Gasteiger partial charge in [-0.1, -0.05) is 42.1 Å². The van der Waals surface area contributed by atoms with E-state index < -0.39 is 0 Å². The monoisotopic (exact) mass is 337 g/mol. The average Bonchev–Trinajstić information content (AvgIpc) is 3.06. The van der Waals surface area contributed by atoms with Crippen LogP contribution in [0.1, 0.15) is 22.6 Å². The van der Waals surface area contributed by atoms with E-state index in [1.807, 2.05) is 49.4 Å². The fourth-order valence-corrected chi connectivity index (χ4v) is 2.88. The van der Waals surface area contributed by atoms with Gasteiger partial charge in [0.15, 0.2) is 6.61 Å². The fourth-order valence-electron chi connectivity index (χ4n) is 2.10. The van der Waals surface area contributed by atoms with Crippen LogP contribution >= 0.6 is 11.8 Å². The molecular formula is C18H15N3O2S. The number of ether oxygens (including phenoxy) is 1. The first-order chi connectivity index (χ1) is 11.7. The molecule has 0 saturated heterocycles. The Kier molecular flexibility index (Phi) is 5.14. The van der Waals surface area contributed by atoms with Gasteiger partial charge in [-0.05, 0) is 36.2 Å². The van der Waals surface area contributed by atoms with Gasteiger partial charge in [0.2, 0.25) is 0 Å². The minimum Gasteiger partial charge on any atom is -0.484 e. The third-order valence-electron chi connectivity index (χ3n) is 3.29. The first-order valence-electron chi connectivity index (χ1n) is 7.37. The lowest BCUT2D eigenvalue weighted by Gasteiger charge is -2.03. The molecule has 0 aliphatic carbocycles. The molecule has 0 spiro atoms. The number of hydrogen-bond acceptors (Lipinski definition) is 6. The molecule has 3 aromatic rings. The molecular weight excluding hydrogens is 322 g/mol. The van der Waals surface area contributed by atoms with E-state index in [4.69, 9.17) is 14.4 Å². The number of rotatable bonds is 6. The van der Waals surface area contributed by atoms with Crippen LogP contribution in [0.4, 0.5) is 0 Å². The van der Waals surface area contributed by atoms with Crippen LogP contribution in [0.2, 0.25) is 0 Å². The van der Waals surface area contributed by atoms with Crippen LogP contribution in [0.25, 0.3) is 0 Å². The van der Waals surface area contributed by atoms with Crippen LogP contribution in [0.15, 0.2) is 58.2 Å². The van der Waals surface area contributed by atoms with Crippen LogP contribution in [0.3, 0.4) is 0 Å². The van der Waals surface area contributed by atoms with Gasteiger partial charge in [-0.2, -0.15) is 5.26 Å². The molecule has 0 radical (unpaired) electrons. The molecule has 0 atom stereocenters. The highest BCUT2D eigenvalue weighted by atomic mass is 32.2. The third-order valence-corrected chi connectivity index (χ3v) is 4.16. The van der Waals surface area contributed by atoms with Crippen molar-refractivity contribution in [3.63, 3.8) is 0 Å². The highest BCUT2D eigenvalue weighted by Gasteiger charge is 2.09. The lowest BCUT2D eigenvalue weighted by molar-refractivity contribution is 0.252. The number of hydrogen-bond donors (Lipinski definition) is 0. The second-order valence-electron chi connectivity index (χ2n) is 5.12. The molecule has 2 aromatic carbocycles. The number of benzene rings is 2. The third kappa shape index (κ3) is 4.15. The smallest absolute Gasteiger partial charge is 0.277 e. The SMILES string of the molecule is Cc1cccc(OCc2nnc(SCc3ccccc3C#N)o2)c1. The van der Waals surface area contributed by atoms with Gasteiger partial charge in [0.25, 0.3) is 11.1 Å². The predicted molar refractivity (Wildman–Crippen MR) is 90.5 cm³/mol. The maximum absolute atomic E-state index is 9.09. The Bertz CT molecular complexity index is 870. The van der Waals surface area contributed by atoms with E-state index in [1.165, 1.54) is 11.8 Å². The number of nitriles is 1. The number of aromatic nitrogens is 2. The topological polar surface area (TPSA) is 71.9 Å². The molecule has 0 saturated carbocycles. The van der Waals surface area contributed by atoms with Gasteiger partial charge >= 0.3 is 0 Å². The Hall–Kier alpha value is -2.78. The molecule has 0 unspecified atom stereocenters. The van der Waals surface area contributed by atoms with E-state index in [0.29, 0.717) is 22.4 Å². The molecule has 120 valence electrons. The van der Waals surface area contributed by atoms with Crippen molar-refractivity contribution in [1.29, 1.82) is 5.26 Å². The maximum Gasteiger partial charge on any atom is 0.277 e. The van der Waals surface area contributed by atoms with Crippen LogP contribution < -0.4 is 4.74 Å². The minimum absolute atomic E-state index is 0.228. The van der Waals surface area contributed by atoms with Crippen molar-refractivity contribution >= 4 is 11.8 Å². The molecule has 6 heteroatoms. The molecule has 0 fully saturated rings. The Labute approximate surface area is 144 Å². The molecule has 0 amide bonds. The number of aryl methyl sites for hydroxylation is 1. The lowest BCUT2D eigenvalue weighted by Crippen LogP contribution is -1.95. The summed E-state index contributed by atoms with van der Waals surface area (Å²) >= 11 is 1.40. The van der Waals surface area contributed by atoms with Crippen molar-refractivity contribution in [3.8, 4) is 11.8 Å². The second kappa shape index (κ2) is 7.66.